The second kappa shape index (κ2) is 2.11. The van der Waals surface area contributed by atoms with Gasteiger partial charge in [-0.25, -0.2) is 0 Å². The highest BCUT2D eigenvalue weighted by Crippen LogP contribution is 2.17. The molecule has 0 aliphatic heterocycles. The summed E-state index contributed by atoms with van der Waals surface area (Å²) in [5.74, 6) is -0.0812. The minimum absolute atomic E-state index is 0.0744. The Morgan fingerprint density at radius 1 is 1.78 bits per heavy atom. The molecule has 3 N–H and O–H groups in total. The number of hydrogen-bond donors (Lipinski definition) is 2. The number of nitrogens with two attached hydrogens (primary N) is 1. The van der Waals surface area contributed by atoms with Gasteiger partial charge in [-0.15, -0.1) is 0 Å². The van der Waals surface area contributed by atoms with Gasteiger partial charge in [-0.3, -0.25) is 0 Å². The van der Waals surface area contributed by atoms with E-state index < -0.39 is 0 Å². The monoisotopic (exact) mass is 127 g/mol. The molecular weight excluding hydrogens is 118 g/mol. The lowest BCUT2D eigenvalue weighted by Gasteiger charge is -1.95. The Labute approximate surface area is 53.1 Å². The Balaban J connectivity index is 2.85. The third kappa shape index (κ3) is 1.23. The zero-order valence-electron chi connectivity index (χ0n) is 5.16. The first-order valence-electron chi connectivity index (χ1n) is 2.73. The van der Waals surface area contributed by atoms with Gasteiger partial charge in [-0.2, -0.15) is 0 Å². The zero-order valence-corrected chi connectivity index (χ0v) is 5.16. The van der Waals surface area contributed by atoms with Gasteiger partial charge in [0.1, 0.15) is 0 Å². The Bertz CT molecular complexity index is 193. The molecule has 1 atom stereocenters. The van der Waals surface area contributed by atoms with Crippen LogP contribution in [0.3, 0.4) is 0 Å². The van der Waals surface area contributed by atoms with E-state index in [1.807, 2.05) is 6.92 Å². The largest absolute Gasteiger partial charge is 0.481 e. The summed E-state index contributed by atoms with van der Waals surface area (Å²) in [4.78, 5) is 0. The van der Waals surface area contributed by atoms with Crippen LogP contribution in [0.4, 0.5) is 0 Å². The van der Waals surface area contributed by atoms with Crippen molar-refractivity contribution in [1.82, 2.24) is 0 Å². The normalized spacial score (nSPS) is 13.6. The van der Waals surface area contributed by atoms with Crippen molar-refractivity contribution in [1.29, 1.82) is 0 Å². The SMILES string of the molecule is CC(N)c1coc(O)c1. The smallest absolute Gasteiger partial charge is 0.282 e. The van der Waals surface area contributed by atoms with Crippen LogP contribution in [0.5, 0.6) is 5.95 Å². The van der Waals surface area contributed by atoms with Crippen molar-refractivity contribution in [2.75, 3.05) is 0 Å². The molecule has 0 fully saturated rings. The summed E-state index contributed by atoms with van der Waals surface area (Å²) in [7, 11) is 0. The van der Waals surface area contributed by atoms with Gasteiger partial charge in [0.25, 0.3) is 5.95 Å². The minimum atomic E-state index is -0.0812. The lowest BCUT2D eigenvalue weighted by molar-refractivity contribution is 0.332. The molecule has 0 aromatic carbocycles. The fourth-order valence-corrected chi connectivity index (χ4v) is 0.578. The first-order valence-corrected chi connectivity index (χ1v) is 2.73. The van der Waals surface area contributed by atoms with E-state index in [1.54, 1.807) is 0 Å². The van der Waals surface area contributed by atoms with Crippen LogP contribution in [-0.2, 0) is 0 Å². The van der Waals surface area contributed by atoms with Crippen molar-refractivity contribution >= 4 is 0 Å². The molecule has 0 aliphatic carbocycles. The van der Waals surface area contributed by atoms with Crippen molar-refractivity contribution < 1.29 is 9.52 Å². The fourth-order valence-electron chi connectivity index (χ4n) is 0.578. The second-order valence-corrected chi connectivity index (χ2v) is 2.01. The summed E-state index contributed by atoms with van der Waals surface area (Å²) >= 11 is 0. The van der Waals surface area contributed by atoms with Crippen molar-refractivity contribution in [2.24, 2.45) is 5.73 Å². The number of aromatic hydroxyl groups is 1. The highest BCUT2D eigenvalue weighted by atomic mass is 16.5. The Morgan fingerprint density at radius 3 is 2.67 bits per heavy atom. The maximum absolute atomic E-state index is 8.68. The van der Waals surface area contributed by atoms with Gasteiger partial charge in [0.15, 0.2) is 0 Å². The van der Waals surface area contributed by atoms with E-state index in [0.29, 0.717) is 0 Å². The average Bonchev–Trinajstić information content (AvgIpc) is 2.14. The lowest BCUT2D eigenvalue weighted by atomic mass is 10.2. The van der Waals surface area contributed by atoms with Crippen molar-refractivity contribution in [3.8, 4) is 5.95 Å². The van der Waals surface area contributed by atoms with E-state index in [4.69, 9.17) is 10.8 Å². The third-order valence-corrected chi connectivity index (χ3v) is 1.13. The number of furan rings is 1. The summed E-state index contributed by atoms with van der Waals surface area (Å²) in [5, 5.41) is 8.68. The first-order chi connectivity index (χ1) is 4.20. The quantitative estimate of drug-likeness (QED) is 0.591. The maximum Gasteiger partial charge on any atom is 0.282 e. The van der Waals surface area contributed by atoms with Crippen LogP contribution in [0.25, 0.3) is 0 Å². The average molecular weight is 127 g/mol. The maximum atomic E-state index is 8.68. The molecule has 0 bridgehead atoms. The molecule has 0 aliphatic rings. The molecule has 1 aromatic heterocycles. The van der Waals surface area contributed by atoms with E-state index in [0.717, 1.165) is 5.56 Å². The van der Waals surface area contributed by atoms with Gasteiger partial charge in [0, 0.05) is 17.7 Å². The lowest BCUT2D eigenvalue weighted by Crippen LogP contribution is -2.02. The second-order valence-electron chi connectivity index (χ2n) is 2.01. The van der Waals surface area contributed by atoms with E-state index in [1.165, 1.54) is 12.3 Å². The van der Waals surface area contributed by atoms with Crippen LogP contribution in [0.2, 0.25) is 0 Å². The predicted octanol–water partition coefficient (Wildman–Crippen LogP) is 1.00. The van der Waals surface area contributed by atoms with Crippen LogP contribution in [0.1, 0.15) is 18.5 Å². The molecule has 3 heteroatoms. The predicted molar refractivity (Wildman–Crippen MR) is 33.0 cm³/mol. The Hall–Kier alpha value is -0.960. The van der Waals surface area contributed by atoms with E-state index in [-0.39, 0.29) is 12.0 Å². The molecule has 1 aromatic rings. The Morgan fingerprint density at radius 2 is 2.44 bits per heavy atom. The van der Waals surface area contributed by atoms with Crippen LogP contribution in [0, 0.1) is 0 Å². The zero-order chi connectivity index (χ0) is 6.85. The molecule has 0 saturated carbocycles. The topological polar surface area (TPSA) is 59.4 Å². The summed E-state index contributed by atoms with van der Waals surface area (Å²) in [6, 6.07) is 1.43. The van der Waals surface area contributed by atoms with Crippen molar-refractivity contribution in [2.45, 2.75) is 13.0 Å². The summed E-state index contributed by atoms with van der Waals surface area (Å²) < 4.78 is 4.60. The molecule has 1 rings (SSSR count). The highest BCUT2D eigenvalue weighted by Gasteiger charge is 2.02. The molecule has 0 saturated heterocycles. The molecular formula is C6H9NO2. The van der Waals surface area contributed by atoms with Gasteiger partial charge >= 0.3 is 0 Å². The molecule has 3 nitrogen and oxygen atoms in total. The molecule has 0 amide bonds. The van der Waals surface area contributed by atoms with Gasteiger partial charge in [0.2, 0.25) is 0 Å². The van der Waals surface area contributed by atoms with E-state index >= 15 is 0 Å². The molecule has 0 radical (unpaired) electrons. The summed E-state index contributed by atoms with van der Waals surface area (Å²) in [6.07, 6.45) is 1.44. The Kier molecular flexibility index (Phi) is 1.44. The van der Waals surface area contributed by atoms with E-state index in [2.05, 4.69) is 4.42 Å². The summed E-state index contributed by atoms with van der Waals surface area (Å²) in [6.45, 7) is 1.82. The van der Waals surface area contributed by atoms with Crippen molar-refractivity contribution in [3.05, 3.63) is 17.9 Å². The van der Waals surface area contributed by atoms with Crippen LogP contribution in [0.15, 0.2) is 16.7 Å². The fraction of sp³-hybridized carbons (Fsp3) is 0.333. The molecule has 50 valence electrons. The first kappa shape index (κ1) is 6.16. The third-order valence-electron chi connectivity index (χ3n) is 1.13. The van der Waals surface area contributed by atoms with Gasteiger partial charge in [-0.05, 0) is 6.92 Å². The molecule has 1 unspecified atom stereocenters. The number of hydrogen-bond acceptors (Lipinski definition) is 3. The van der Waals surface area contributed by atoms with Gasteiger partial charge in [-0.1, -0.05) is 0 Å². The van der Waals surface area contributed by atoms with Gasteiger partial charge < -0.3 is 15.3 Å². The summed E-state index contributed by atoms with van der Waals surface area (Å²) in [5.41, 5.74) is 6.27. The van der Waals surface area contributed by atoms with Crippen LogP contribution < -0.4 is 5.73 Å². The van der Waals surface area contributed by atoms with E-state index in [9.17, 15) is 0 Å². The standard InChI is InChI=1S/C6H9NO2/c1-4(7)5-2-6(8)9-3-5/h2-4,8H,7H2,1H3. The molecule has 1 heterocycles. The van der Waals surface area contributed by atoms with Crippen LogP contribution in [-0.4, -0.2) is 5.11 Å². The highest BCUT2D eigenvalue weighted by molar-refractivity contribution is 5.18. The van der Waals surface area contributed by atoms with Crippen LogP contribution >= 0.6 is 0 Å². The van der Waals surface area contributed by atoms with Gasteiger partial charge in [0.05, 0.1) is 6.26 Å². The van der Waals surface area contributed by atoms with Crippen molar-refractivity contribution in [3.63, 3.8) is 0 Å². The molecule has 0 spiro atoms. The molecule has 9 heavy (non-hydrogen) atoms. The number of rotatable bonds is 1. The minimum Gasteiger partial charge on any atom is -0.481 e.